The van der Waals surface area contributed by atoms with Gasteiger partial charge < -0.3 is 20.3 Å². The van der Waals surface area contributed by atoms with Gasteiger partial charge in [-0.05, 0) is 108 Å². The number of benzene rings is 2. The minimum absolute atomic E-state index is 0.0509. The first kappa shape index (κ1) is 26.2. The second kappa shape index (κ2) is 11.5. The third-order valence-corrected chi connectivity index (χ3v) is 7.26. The van der Waals surface area contributed by atoms with E-state index in [1.165, 1.54) is 36.8 Å². The van der Waals surface area contributed by atoms with Crippen LogP contribution < -0.4 is 15.4 Å². The highest BCUT2D eigenvalue weighted by Gasteiger charge is 2.26. The van der Waals surface area contributed by atoms with Crippen molar-refractivity contribution in [3.8, 4) is 5.75 Å². The Morgan fingerprint density at radius 3 is 2.36 bits per heavy atom. The summed E-state index contributed by atoms with van der Waals surface area (Å²) in [7, 11) is 4.37. The first-order valence-corrected chi connectivity index (χ1v) is 13.2. The summed E-state index contributed by atoms with van der Waals surface area (Å²) in [6.45, 7) is 8.33. The molecule has 7 heteroatoms. The lowest BCUT2D eigenvalue weighted by molar-refractivity contribution is 0.215. The quantitative estimate of drug-likeness (QED) is 0.327. The van der Waals surface area contributed by atoms with Gasteiger partial charge in [0.1, 0.15) is 10.8 Å². The highest BCUT2D eigenvalue weighted by atomic mass is 35.5. The number of halogens is 1. The summed E-state index contributed by atoms with van der Waals surface area (Å²) in [4.78, 5) is 11.5. The smallest absolute Gasteiger partial charge is 0.229 e. The monoisotopic (exact) mass is 507 g/mol. The number of aryl methyl sites for hydroxylation is 2. The number of aromatic nitrogens is 2. The predicted octanol–water partition coefficient (Wildman–Crippen LogP) is 7.61. The van der Waals surface area contributed by atoms with Crippen molar-refractivity contribution in [1.29, 1.82) is 0 Å². The van der Waals surface area contributed by atoms with Crippen molar-refractivity contribution in [2.24, 2.45) is 0 Å². The molecule has 0 bridgehead atoms. The Labute approximate surface area is 220 Å². The summed E-state index contributed by atoms with van der Waals surface area (Å²) in [5.41, 5.74) is 5.56. The molecule has 192 valence electrons. The molecule has 6 nitrogen and oxygen atoms in total. The van der Waals surface area contributed by atoms with Crippen LogP contribution in [0.3, 0.4) is 0 Å². The second-order valence-corrected chi connectivity index (χ2v) is 10.7. The number of hydrogen-bond donors (Lipinski definition) is 2. The topological polar surface area (TPSA) is 62.3 Å². The van der Waals surface area contributed by atoms with E-state index in [-0.39, 0.29) is 6.10 Å². The standard InChI is InChI=1S/C29H38ClN5O/c1-18(2)36-27-16-23(21-11-13-22(14-12-21)35(5)6)20(4)15-26(27)33-29-31-17-24(30)28(34-29)32-25-10-8-7-9-19(25)3/h7-10,15-18,21-22H,11-14H2,1-6H3,(H2,31,32,33,34). The first-order valence-electron chi connectivity index (χ1n) is 12.8. The fraction of sp³-hybridized carbons (Fsp3) is 0.448. The van der Waals surface area contributed by atoms with Crippen LogP contribution in [0.5, 0.6) is 5.75 Å². The minimum atomic E-state index is 0.0509. The van der Waals surface area contributed by atoms with Gasteiger partial charge in [-0.15, -0.1) is 0 Å². The van der Waals surface area contributed by atoms with Gasteiger partial charge in [-0.1, -0.05) is 29.8 Å². The molecule has 3 aromatic rings. The predicted molar refractivity (Wildman–Crippen MR) is 150 cm³/mol. The molecule has 1 fully saturated rings. The third kappa shape index (κ3) is 6.29. The van der Waals surface area contributed by atoms with Crippen LogP contribution in [0.25, 0.3) is 0 Å². The number of para-hydroxylation sites is 1. The summed E-state index contributed by atoms with van der Waals surface area (Å²) in [6.07, 6.45) is 6.53. The van der Waals surface area contributed by atoms with E-state index >= 15 is 0 Å². The maximum Gasteiger partial charge on any atom is 0.229 e. The van der Waals surface area contributed by atoms with E-state index in [0.717, 1.165) is 22.7 Å². The van der Waals surface area contributed by atoms with E-state index < -0.39 is 0 Å². The Kier molecular flexibility index (Phi) is 8.37. The van der Waals surface area contributed by atoms with Gasteiger partial charge in [0.2, 0.25) is 5.95 Å². The van der Waals surface area contributed by atoms with Gasteiger partial charge in [0, 0.05) is 11.7 Å². The molecule has 4 rings (SSSR count). The number of nitrogens with one attached hydrogen (secondary N) is 2. The van der Waals surface area contributed by atoms with Gasteiger partial charge in [-0.3, -0.25) is 0 Å². The number of rotatable bonds is 8. The molecule has 2 aromatic carbocycles. The molecule has 0 amide bonds. The molecule has 0 unspecified atom stereocenters. The van der Waals surface area contributed by atoms with Crippen LogP contribution in [0.4, 0.5) is 23.1 Å². The van der Waals surface area contributed by atoms with E-state index in [2.05, 4.69) is 72.5 Å². The summed E-state index contributed by atoms with van der Waals surface area (Å²) in [6, 6.07) is 13.1. The molecule has 1 aromatic heterocycles. The Bertz CT molecular complexity index is 1190. The van der Waals surface area contributed by atoms with Gasteiger partial charge >= 0.3 is 0 Å². The van der Waals surface area contributed by atoms with Crippen molar-refractivity contribution in [3.05, 3.63) is 64.3 Å². The summed E-state index contributed by atoms with van der Waals surface area (Å²) < 4.78 is 6.26. The zero-order valence-corrected chi connectivity index (χ0v) is 23.0. The van der Waals surface area contributed by atoms with Crippen molar-refractivity contribution in [1.82, 2.24) is 14.9 Å². The van der Waals surface area contributed by atoms with Crippen LogP contribution in [0.1, 0.15) is 62.1 Å². The molecule has 2 N–H and O–H groups in total. The summed E-state index contributed by atoms with van der Waals surface area (Å²) in [5, 5.41) is 7.18. The Morgan fingerprint density at radius 1 is 0.972 bits per heavy atom. The number of hydrogen-bond acceptors (Lipinski definition) is 6. The Morgan fingerprint density at radius 2 is 1.69 bits per heavy atom. The summed E-state index contributed by atoms with van der Waals surface area (Å²) in [5.74, 6) is 2.40. The Balaban J connectivity index is 1.59. The molecule has 0 spiro atoms. The van der Waals surface area contributed by atoms with Crippen molar-refractivity contribution < 1.29 is 4.74 Å². The van der Waals surface area contributed by atoms with E-state index in [1.807, 2.05) is 31.2 Å². The second-order valence-electron chi connectivity index (χ2n) is 10.3. The SMILES string of the molecule is Cc1ccccc1Nc1nc(Nc2cc(C)c(C3CCC(N(C)C)CC3)cc2OC(C)C)ncc1Cl. The zero-order valence-electron chi connectivity index (χ0n) is 22.2. The maximum atomic E-state index is 6.42. The summed E-state index contributed by atoms with van der Waals surface area (Å²) >= 11 is 6.42. The van der Waals surface area contributed by atoms with E-state index in [1.54, 1.807) is 6.20 Å². The van der Waals surface area contributed by atoms with Crippen LogP contribution in [-0.4, -0.2) is 41.1 Å². The third-order valence-electron chi connectivity index (χ3n) is 6.99. The molecular formula is C29H38ClN5O. The van der Waals surface area contributed by atoms with Gasteiger partial charge in [-0.25, -0.2) is 4.98 Å². The van der Waals surface area contributed by atoms with Crippen LogP contribution in [0, 0.1) is 13.8 Å². The van der Waals surface area contributed by atoms with E-state index in [0.29, 0.717) is 28.7 Å². The van der Waals surface area contributed by atoms with Crippen molar-refractivity contribution >= 4 is 34.7 Å². The number of nitrogens with zero attached hydrogens (tertiary/aromatic N) is 3. The minimum Gasteiger partial charge on any atom is -0.489 e. The highest BCUT2D eigenvalue weighted by molar-refractivity contribution is 6.32. The van der Waals surface area contributed by atoms with Crippen molar-refractivity contribution in [2.45, 2.75) is 71.4 Å². The molecule has 1 aliphatic carbocycles. The van der Waals surface area contributed by atoms with Crippen molar-refractivity contribution in [3.63, 3.8) is 0 Å². The molecular weight excluding hydrogens is 470 g/mol. The average Bonchev–Trinajstić information content (AvgIpc) is 2.84. The average molecular weight is 508 g/mol. The Hall–Kier alpha value is -2.83. The molecule has 0 aliphatic heterocycles. The van der Waals surface area contributed by atoms with Crippen LogP contribution in [0.15, 0.2) is 42.6 Å². The largest absolute Gasteiger partial charge is 0.489 e. The van der Waals surface area contributed by atoms with Crippen molar-refractivity contribution in [2.75, 3.05) is 24.7 Å². The van der Waals surface area contributed by atoms with Crippen LogP contribution in [-0.2, 0) is 0 Å². The number of ether oxygens (including phenoxy) is 1. The molecule has 0 atom stereocenters. The highest BCUT2D eigenvalue weighted by Crippen LogP contribution is 2.40. The van der Waals surface area contributed by atoms with Gasteiger partial charge in [-0.2, -0.15) is 4.98 Å². The normalized spacial score (nSPS) is 17.9. The number of anilines is 4. The lowest BCUT2D eigenvalue weighted by Gasteiger charge is -2.33. The molecule has 0 radical (unpaired) electrons. The first-order chi connectivity index (χ1) is 17.2. The molecule has 1 heterocycles. The van der Waals surface area contributed by atoms with E-state index in [4.69, 9.17) is 16.3 Å². The molecule has 1 aliphatic rings. The molecule has 0 saturated heterocycles. The van der Waals surface area contributed by atoms with Crippen LogP contribution in [0.2, 0.25) is 5.02 Å². The maximum absolute atomic E-state index is 6.42. The lowest BCUT2D eigenvalue weighted by atomic mass is 9.80. The van der Waals surface area contributed by atoms with E-state index in [9.17, 15) is 0 Å². The van der Waals surface area contributed by atoms with Gasteiger partial charge in [0.05, 0.1) is 18.0 Å². The lowest BCUT2D eigenvalue weighted by Crippen LogP contribution is -2.31. The van der Waals surface area contributed by atoms with Gasteiger partial charge in [0.25, 0.3) is 0 Å². The zero-order chi connectivity index (χ0) is 25.8. The molecule has 1 saturated carbocycles. The van der Waals surface area contributed by atoms with Crippen LogP contribution >= 0.6 is 11.6 Å². The van der Waals surface area contributed by atoms with Gasteiger partial charge in [0.15, 0.2) is 5.82 Å². The fourth-order valence-electron chi connectivity index (χ4n) is 4.97. The molecule has 36 heavy (non-hydrogen) atoms. The fourth-order valence-corrected chi connectivity index (χ4v) is 5.11.